The number of hydrogen-bond donors (Lipinski definition) is 2. The zero-order valence-electron chi connectivity index (χ0n) is 13.4. The fourth-order valence-electron chi connectivity index (χ4n) is 2.16. The van der Waals surface area contributed by atoms with Crippen LogP contribution in [0.25, 0.3) is 0 Å². The lowest BCUT2D eigenvalue weighted by Gasteiger charge is -2.10. The minimum absolute atomic E-state index is 0.0172. The van der Waals surface area contributed by atoms with Crippen LogP contribution in [0.2, 0.25) is 0 Å². The summed E-state index contributed by atoms with van der Waals surface area (Å²) in [5.74, 6) is 0.786. The van der Waals surface area contributed by atoms with Gasteiger partial charge in [0, 0.05) is 28.8 Å². The number of ether oxygens (including phenoxy) is 1. The minimum Gasteiger partial charge on any atom is -0.494 e. The van der Waals surface area contributed by atoms with E-state index in [1.807, 2.05) is 56.3 Å². The summed E-state index contributed by atoms with van der Waals surface area (Å²) in [6, 6.07) is 13.4. The Labute approximate surface area is 145 Å². The van der Waals surface area contributed by atoms with Crippen LogP contribution in [0, 0.1) is 6.92 Å². The lowest BCUT2D eigenvalue weighted by molar-refractivity contribution is -0.115. The Hall–Kier alpha value is -2.01. The largest absolute Gasteiger partial charge is 0.494 e. The number of anilines is 2. The molecule has 0 aromatic heterocycles. The average Bonchev–Trinajstić information content (AvgIpc) is 2.52. The maximum absolute atomic E-state index is 12.0. The van der Waals surface area contributed by atoms with Crippen LogP contribution in [0.15, 0.2) is 46.9 Å². The number of aryl methyl sites for hydroxylation is 1. The molecule has 1 amide bonds. The number of hydrogen-bond acceptors (Lipinski definition) is 3. The summed E-state index contributed by atoms with van der Waals surface area (Å²) in [6.45, 7) is 5.20. The molecule has 23 heavy (non-hydrogen) atoms. The van der Waals surface area contributed by atoms with E-state index in [-0.39, 0.29) is 5.91 Å². The highest BCUT2D eigenvalue weighted by molar-refractivity contribution is 9.10. The molecule has 4 nitrogen and oxygen atoms in total. The van der Waals surface area contributed by atoms with Crippen molar-refractivity contribution in [2.24, 2.45) is 0 Å². The zero-order valence-corrected chi connectivity index (χ0v) is 14.9. The van der Waals surface area contributed by atoms with E-state index in [9.17, 15) is 4.79 Å². The smallest absolute Gasteiger partial charge is 0.226 e. The molecular formula is C18H21BrN2O2. The first-order valence-corrected chi connectivity index (χ1v) is 8.40. The van der Waals surface area contributed by atoms with Crippen LogP contribution in [0.3, 0.4) is 0 Å². The van der Waals surface area contributed by atoms with Crippen molar-refractivity contribution in [2.45, 2.75) is 20.3 Å². The molecule has 2 N–H and O–H groups in total. The third-order valence-electron chi connectivity index (χ3n) is 3.31. The van der Waals surface area contributed by atoms with Gasteiger partial charge < -0.3 is 15.4 Å². The van der Waals surface area contributed by atoms with Crippen LogP contribution in [0.5, 0.6) is 5.75 Å². The molecule has 2 aromatic rings. The van der Waals surface area contributed by atoms with Crippen molar-refractivity contribution in [3.63, 3.8) is 0 Å². The second-order valence-corrected chi connectivity index (χ2v) is 6.06. The van der Waals surface area contributed by atoms with Gasteiger partial charge in [0.2, 0.25) is 5.91 Å². The van der Waals surface area contributed by atoms with Crippen molar-refractivity contribution in [1.29, 1.82) is 0 Å². The number of nitrogens with one attached hydrogen (secondary N) is 2. The molecule has 0 radical (unpaired) electrons. The molecule has 0 heterocycles. The van der Waals surface area contributed by atoms with Crippen molar-refractivity contribution in [1.82, 2.24) is 0 Å². The van der Waals surface area contributed by atoms with Crippen LogP contribution in [-0.2, 0) is 4.79 Å². The Bertz CT molecular complexity index is 657. The molecule has 0 aliphatic carbocycles. The molecule has 0 saturated heterocycles. The minimum atomic E-state index is -0.0172. The molecule has 0 saturated carbocycles. The van der Waals surface area contributed by atoms with Crippen LogP contribution in [0.4, 0.5) is 11.4 Å². The Morgan fingerprint density at radius 3 is 2.57 bits per heavy atom. The van der Waals surface area contributed by atoms with Gasteiger partial charge in [-0.3, -0.25) is 4.79 Å². The number of carbonyl (C=O) groups is 1. The van der Waals surface area contributed by atoms with E-state index < -0.39 is 0 Å². The van der Waals surface area contributed by atoms with Gasteiger partial charge in [-0.1, -0.05) is 15.9 Å². The normalized spacial score (nSPS) is 10.2. The SMILES string of the molecule is CCOc1ccc(NC(=O)CCNc2ccc(Br)cc2C)cc1. The van der Waals surface area contributed by atoms with E-state index in [4.69, 9.17) is 4.74 Å². The Kier molecular flexibility index (Phi) is 6.47. The molecule has 2 rings (SSSR count). The van der Waals surface area contributed by atoms with Crippen molar-refractivity contribution < 1.29 is 9.53 Å². The van der Waals surface area contributed by atoms with Gasteiger partial charge in [0.1, 0.15) is 5.75 Å². The monoisotopic (exact) mass is 376 g/mol. The van der Waals surface area contributed by atoms with Gasteiger partial charge in [-0.2, -0.15) is 0 Å². The molecule has 2 aromatic carbocycles. The van der Waals surface area contributed by atoms with Gasteiger partial charge in [-0.05, 0) is 61.9 Å². The van der Waals surface area contributed by atoms with Crippen molar-refractivity contribution in [3.05, 3.63) is 52.5 Å². The fraction of sp³-hybridized carbons (Fsp3) is 0.278. The lowest BCUT2D eigenvalue weighted by atomic mass is 10.2. The number of amides is 1. The van der Waals surface area contributed by atoms with Crippen LogP contribution < -0.4 is 15.4 Å². The highest BCUT2D eigenvalue weighted by Gasteiger charge is 2.04. The van der Waals surface area contributed by atoms with E-state index in [0.717, 1.165) is 27.2 Å². The number of carbonyl (C=O) groups excluding carboxylic acids is 1. The highest BCUT2D eigenvalue weighted by Crippen LogP contribution is 2.20. The topological polar surface area (TPSA) is 50.4 Å². The third kappa shape index (κ3) is 5.60. The van der Waals surface area contributed by atoms with E-state index in [0.29, 0.717) is 19.6 Å². The summed E-state index contributed by atoms with van der Waals surface area (Å²) in [5, 5.41) is 6.16. The first-order chi connectivity index (χ1) is 11.1. The van der Waals surface area contributed by atoms with E-state index in [1.165, 1.54) is 0 Å². The molecule has 0 fully saturated rings. The summed E-state index contributed by atoms with van der Waals surface area (Å²) in [4.78, 5) is 12.0. The third-order valence-corrected chi connectivity index (χ3v) is 3.80. The molecule has 0 atom stereocenters. The molecule has 0 aliphatic rings. The Morgan fingerprint density at radius 2 is 1.91 bits per heavy atom. The maximum Gasteiger partial charge on any atom is 0.226 e. The van der Waals surface area contributed by atoms with Crippen molar-refractivity contribution in [2.75, 3.05) is 23.8 Å². The van der Waals surface area contributed by atoms with Crippen molar-refractivity contribution in [3.8, 4) is 5.75 Å². The number of benzene rings is 2. The predicted molar refractivity (Wildman–Crippen MR) is 98.2 cm³/mol. The summed E-state index contributed by atoms with van der Waals surface area (Å²) >= 11 is 3.44. The van der Waals surface area contributed by atoms with Gasteiger partial charge in [-0.15, -0.1) is 0 Å². The standard InChI is InChI=1S/C18H21BrN2O2/c1-3-23-16-7-5-15(6-8-16)21-18(22)10-11-20-17-9-4-14(19)12-13(17)2/h4-9,12,20H,3,10-11H2,1-2H3,(H,21,22). The summed E-state index contributed by atoms with van der Waals surface area (Å²) in [6.07, 6.45) is 0.405. The second kappa shape index (κ2) is 8.58. The van der Waals surface area contributed by atoms with Crippen molar-refractivity contribution >= 4 is 33.2 Å². The van der Waals surface area contributed by atoms with Crippen LogP contribution >= 0.6 is 15.9 Å². The maximum atomic E-state index is 12.0. The first kappa shape index (κ1) is 17.3. The average molecular weight is 377 g/mol. The molecule has 5 heteroatoms. The zero-order chi connectivity index (χ0) is 16.7. The Morgan fingerprint density at radius 1 is 1.17 bits per heavy atom. The molecule has 0 bridgehead atoms. The van der Waals surface area contributed by atoms with Crippen LogP contribution in [0.1, 0.15) is 18.9 Å². The van der Waals surface area contributed by atoms with Gasteiger partial charge in [0.15, 0.2) is 0 Å². The van der Waals surface area contributed by atoms with Gasteiger partial charge >= 0.3 is 0 Å². The second-order valence-electron chi connectivity index (χ2n) is 5.14. The fourth-order valence-corrected chi connectivity index (χ4v) is 2.64. The molecule has 122 valence electrons. The number of rotatable bonds is 7. The molecule has 0 unspecified atom stereocenters. The van der Waals surface area contributed by atoms with Gasteiger partial charge in [0.25, 0.3) is 0 Å². The lowest BCUT2D eigenvalue weighted by Crippen LogP contribution is -2.16. The van der Waals surface area contributed by atoms with E-state index in [1.54, 1.807) is 0 Å². The predicted octanol–water partition coefficient (Wildman–Crippen LogP) is 4.60. The highest BCUT2D eigenvalue weighted by atomic mass is 79.9. The quantitative estimate of drug-likeness (QED) is 0.742. The summed E-state index contributed by atoms with van der Waals surface area (Å²) in [5.41, 5.74) is 2.96. The first-order valence-electron chi connectivity index (χ1n) is 7.61. The van der Waals surface area contributed by atoms with Crippen LogP contribution in [-0.4, -0.2) is 19.1 Å². The summed E-state index contributed by atoms with van der Waals surface area (Å²) in [7, 11) is 0. The Balaban J connectivity index is 1.78. The molecule has 0 aliphatic heterocycles. The van der Waals surface area contributed by atoms with E-state index >= 15 is 0 Å². The molecular weight excluding hydrogens is 356 g/mol. The van der Waals surface area contributed by atoms with Gasteiger partial charge in [-0.25, -0.2) is 0 Å². The molecule has 0 spiro atoms. The van der Waals surface area contributed by atoms with E-state index in [2.05, 4.69) is 26.6 Å². The number of halogens is 1. The summed E-state index contributed by atoms with van der Waals surface area (Å²) < 4.78 is 6.42. The van der Waals surface area contributed by atoms with Gasteiger partial charge in [0.05, 0.1) is 6.61 Å².